The van der Waals surface area contributed by atoms with Gasteiger partial charge in [0.25, 0.3) is 0 Å². The first-order valence-electron chi connectivity index (χ1n) is 6.89. The smallest absolute Gasteiger partial charge is 0.0772 e. The van der Waals surface area contributed by atoms with Gasteiger partial charge in [-0.05, 0) is 37.5 Å². The van der Waals surface area contributed by atoms with Crippen LogP contribution in [0.2, 0.25) is 0 Å². The topological polar surface area (TPSA) is 43.7 Å². The van der Waals surface area contributed by atoms with Crippen molar-refractivity contribution < 1.29 is 10.2 Å². The summed E-state index contributed by atoms with van der Waals surface area (Å²) >= 11 is 3.51. The van der Waals surface area contributed by atoms with Gasteiger partial charge in [0.15, 0.2) is 0 Å². The second-order valence-corrected chi connectivity index (χ2v) is 6.27. The van der Waals surface area contributed by atoms with Crippen molar-refractivity contribution in [2.75, 3.05) is 11.9 Å². The lowest BCUT2D eigenvalue weighted by molar-refractivity contribution is 0.106. The molecule has 3 atom stereocenters. The Bertz CT molecular complexity index is 436. The molecule has 3 nitrogen and oxygen atoms in total. The lowest BCUT2D eigenvalue weighted by atomic mass is 9.91. The standard InChI is InChI=1S/C15H22BrNO2/c1-10(18)12-8-7-11(9-13(12)16)17(2)14-5-3-4-6-15(14)19/h7-10,14-15,18-19H,3-6H2,1-2H3/t10-,14?,15?/m0/s1. The average molecular weight is 328 g/mol. The number of aliphatic hydroxyl groups is 2. The van der Waals surface area contributed by atoms with Crippen LogP contribution >= 0.6 is 15.9 Å². The molecule has 1 aromatic rings. The Hall–Kier alpha value is -0.580. The first kappa shape index (κ1) is 14.8. The molecule has 106 valence electrons. The second-order valence-electron chi connectivity index (χ2n) is 5.41. The monoisotopic (exact) mass is 327 g/mol. The Morgan fingerprint density at radius 1 is 1.32 bits per heavy atom. The molecule has 0 aliphatic heterocycles. The predicted molar refractivity (Wildman–Crippen MR) is 81.4 cm³/mol. The van der Waals surface area contributed by atoms with Gasteiger partial charge >= 0.3 is 0 Å². The van der Waals surface area contributed by atoms with Crippen molar-refractivity contribution in [2.45, 2.75) is 50.9 Å². The van der Waals surface area contributed by atoms with Crippen LogP contribution in [0.3, 0.4) is 0 Å². The number of benzene rings is 1. The van der Waals surface area contributed by atoms with Gasteiger partial charge in [-0.15, -0.1) is 0 Å². The van der Waals surface area contributed by atoms with Gasteiger partial charge in [0.1, 0.15) is 0 Å². The van der Waals surface area contributed by atoms with Crippen molar-refractivity contribution in [1.29, 1.82) is 0 Å². The third-order valence-corrected chi connectivity index (χ3v) is 4.72. The molecule has 19 heavy (non-hydrogen) atoms. The SMILES string of the molecule is C[C@H](O)c1ccc(N(C)C2CCCCC2O)cc1Br. The normalized spacial score (nSPS) is 25.1. The summed E-state index contributed by atoms with van der Waals surface area (Å²) < 4.78 is 0.914. The van der Waals surface area contributed by atoms with Gasteiger partial charge in [-0.25, -0.2) is 0 Å². The van der Waals surface area contributed by atoms with Crippen molar-refractivity contribution in [1.82, 2.24) is 0 Å². The molecule has 0 saturated heterocycles. The fourth-order valence-corrected chi connectivity index (χ4v) is 3.51. The van der Waals surface area contributed by atoms with Crippen LogP contribution in [0.5, 0.6) is 0 Å². The van der Waals surface area contributed by atoms with E-state index in [0.717, 1.165) is 35.0 Å². The van der Waals surface area contributed by atoms with Gasteiger partial charge < -0.3 is 15.1 Å². The van der Waals surface area contributed by atoms with Gasteiger partial charge in [0.05, 0.1) is 18.2 Å². The van der Waals surface area contributed by atoms with E-state index < -0.39 is 6.10 Å². The number of likely N-dealkylation sites (N-methyl/N-ethyl adjacent to an activating group) is 1. The summed E-state index contributed by atoms with van der Waals surface area (Å²) in [5.41, 5.74) is 1.96. The summed E-state index contributed by atoms with van der Waals surface area (Å²) in [6, 6.07) is 6.16. The first-order valence-corrected chi connectivity index (χ1v) is 7.68. The van der Waals surface area contributed by atoms with E-state index in [9.17, 15) is 10.2 Å². The van der Waals surface area contributed by atoms with E-state index in [-0.39, 0.29) is 12.1 Å². The maximum absolute atomic E-state index is 10.1. The van der Waals surface area contributed by atoms with Crippen LogP contribution in [-0.4, -0.2) is 29.4 Å². The zero-order chi connectivity index (χ0) is 14.0. The van der Waals surface area contributed by atoms with E-state index in [0.29, 0.717) is 0 Å². The van der Waals surface area contributed by atoms with Gasteiger partial charge in [0.2, 0.25) is 0 Å². The summed E-state index contributed by atoms with van der Waals surface area (Å²) in [5.74, 6) is 0. The average Bonchev–Trinajstić information content (AvgIpc) is 2.38. The largest absolute Gasteiger partial charge is 0.391 e. The van der Waals surface area contributed by atoms with Crippen LogP contribution in [0.1, 0.15) is 44.3 Å². The van der Waals surface area contributed by atoms with Crippen LogP contribution in [0.25, 0.3) is 0 Å². The van der Waals surface area contributed by atoms with Crippen molar-refractivity contribution in [2.24, 2.45) is 0 Å². The molecule has 0 bridgehead atoms. The highest BCUT2D eigenvalue weighted by Crippen LogP contribution is 2.31. The van der Waals surface area contributed by atoms with E-state index in [4.69, 9.17) is 0 Å². The molecule has 1 saturated carbocycles. The quantitative estimate of drug-likeness (QED) is 0.895. The van der Waals surface area contributed by atoms with Crippen LogP contribution in [0, 0.1) is 0 Å². The zero-order valence-corrected chi connectivity index (χ0v) is 13.1. The molecule has 1 aliphatic rings. The summed E-state index contributed by atoms with van der Waals surface area (Å²) in [4.78, 5) is 2.15. The van der Waals surface area contributed by atoms with Crippen LogP contribution in [0.4, 0.5) is 5.69 Å². The number of hydrogen-bond donors (Lipinski definition) is 2. The van der Waals surface area contributed by atoms with Crippen LogP contribution < -0.4 is 4.90 Å². The lowest BCUT2D eigenvalue weighted by Gasteiger charge is -2.36. The Balaban J connectivity index is 2.19. The summed E-state index contributed by atoms with van der Waals surface area (Å²) in [6.07, 6.45) is 3.51. The highest BCUT2D eigenvalue weighted by Gasteiger charge is 2.27. The molecule has 2 rings (SSSR count). The molecule has 0 amide bonds. The fraction of sp³-hybridized carbons (Fsp3) is 0.600. The minimum absolute atomic E-state index is 0.193. The molecular formula is C15H22BrNO2. The Labute approximate surface area is 123 Å². The number of nitrogens with zero attached hydrogens (tertiary/aromatic N) is 1. The highest BCUT2D eigenvalue weighted by atomic mass is 79.9. The highest BCUT2D eigenvalue weighted by molar-refractivity contribution is 9.10. The van der Waals surface area contributed by atoms with Gasteiger partial charge in [-0.1, -0.05) is 34.8 Å². The van der Waals surface area contributed by atoms with Gasteiger partial charge in [-0.2, -0.15) is 0 Å². The van der Waals surface area contributed by atoms with E-state index in [1.54, 1.807) is 6.92 Å². The van der Waals surface area contributed by atoms with Crippen molar-refractivity contribution in [3.63, 3.8) is 0 Å². The zero-order valence-electron chi connectivity index (χ0n) is 11.5. The fourth-order valence-electron chi connectivity index (χ4n) is 2.81. The molecule has 0 heterocycles. The molecule has 0 radical (unpaired) electrons. The maximum Gasteiger partial charge on any atom is 0.0772 e. The van der Waals surface area contributed by atoms with Crippen molar-refractivity contribution >= 4 is 21.6 Å². The summed E-state index contributed by atoms with van der Waals surface area (Å²) in [6.45, 7) is 1.76. The number of hydrogen-bond acceptors (Lipinski definition) is 3. The van der Waals surface area contributed by atoms with Crippen LogP contribution in [-0.2, 0) is 0 Å². The number of anilines is 1. The molecule has 0 aromatic heterocycles. The van der Waals surface area contributed by atoms with Crippen molar-refractivity contribution in [3.8, 4) is 0 Å². The predicted octanol–water partition coefficient (Wildman–Crippen LogP) is 3.24. The van der Waals surface area contributed by atoms with Crippen molar-refractivity contribution in [3.05, 3.63) is 28.2 Å². The molecule has 2 N–H and O–H groups in total. The number of rotatable bonds is 3. The summed E-state index contributed by atoms with van der Waals surface area (Å²) in [7, 11) is 2.03. The maximum atomic E-state index is 10.1. The minimum atomic E-state index is -0.478. The Kier molecular flexibility index (Phi) is 4.87. The van der Waals surface area contributed by atoms with E-state index in [1.807, 2.05) is 25.2 Å². The number of halogens is 1. The van der Waals surface area contributed by atoms with Gasteiger partial charge in [-0.3, -0.25) is 0 Å². The van der Waals surface area contributed by atoms with Gasteiger partial charge in [0, 0.05) is 17.2 Å². The Morgan fingerprint density at radius 3 is 2.58 bits per heavy atom. The molecule has 1 aliphatic carbocycles. The summed E-state index contributed by atoms with van der Waals surface area (Å²) in [5, 5.41) is 19.8. The third kappa shape index (κ3) is 3.30. The Morgan fingerprint density at radius 2 is 2.00 bits per heavy atom. The van der Waals surface area contributed by atoms with E-state index in [2.05, 4.69) is 20.8 Å². The molecular weight excluding hydrogens is 306 g/mol. The number of aliphatic hydroxyl groups excluding tert-OH is 2. The van der Waals surface area contributed by atoms with E-state index >= 15 is 0 Å². The molecule has 0 spiro atoms. The third-order valence-electron chi connectivity index (χ3n) is 4.03. The van der Waals surface area contributed by atoms with E-state index in [1.165, 1.54) is 6.42 Å². The molecule has 2 unspecified atom stereocenters. The molecule has 1 fully saturated rings. The molecule has 4 heteroatoms. The lowest BCUT2D eigenvalue weighted by Crippen LogP contribution is -2.43. The minimum Gasteiger partial charge on any atom is -0.391 e. The second kappa shape index (κ2) is 6.25. The first-order chi connectivity index (χ1) is 9.00. The molecule has 1 aromatic carbocycles. The van der Waals surface area contributed by atoms with Crippen LogP contribution in [0.15, 0.2) is 22.7 Å².